The Morgan fingerprint density at radius 3 is 2.47 bits per heavy atom. The van der Waals surface area contributed by atoms with Crippen LogP contribution in [0.25, 0.3) is 0 Å². The van der Waals surface area contributed by atoms with E-state index in [1.54, 1.807) is 0 Å². The van der Waals surface area contributed by atoms with Gasteiger partial charge in [0.05, 0.1) is 0 Å². The summed E-state index contributed by atoms with van der Waals surface area (Å²) in [6.07, 6.45) is 10.7. The number of nitrogens with two attached hydrogens (primary N) is 1. The molecule has 0 aromatic rings. The van der Waals surface area contributed by atoms with Crippen LogP contribution in [0, 0.1) is 5.92 Å². The van der Waals surface area contributed by atoms with Gasteiger partial charge in [0.2, 0.25) is 5.91 Å². The highest BCUT2D eigenvalue weighted by Gasteiger charge is 2.27. The summed E-state index contributed by atoms with van der Waals surface area (Å²) in [5, 5.41) is 0. The molecule has 0 spiro atoms. The molecule has 1 saturated heterocycles. The molecule has 1 aliphatic heterocycles. The van der Waals surface area contributed by atoms with Crippen LogP contribution in [0.3, 0.4) is 0 Å². The first kappa shape index (κ1) is 12.9. The largest absolute Gasteiger partial charge is 0.338 e. The lowest BCUT2D eigenvalue weighted by Crippen LogP contribution is -2.44. The Morgan fingerprint density at radius 2 is 1.76 bits per heavy atom. The average molecular weight is 238 g/mol. The van der Waals surface area contributed by atoms with Gasteiger partial charge in [0.25, 0.3) is 0 Å². The van der Waals surface area contributed by atoms with Crippen LogP contribution in [0.15, 0.2) is 0 Å². The maximum Gasteiger partial charge on any atom is 0.223 e. The number of hydrogen-bond donors (Lipinski definition) is 1. The summed E-state index contributed by atoms with van der Waals surface area (Å²) in [4.78, 5) is 14.4. The second kappa shape index (κ2) is 6.39. The number of nitrogens with zero attached hydrogens (tertiary/aromatic N) is 1. The summed E-state index contributed by atoms with van der Waals surface area (Å²) in [7, 11) is 0. The summed E-state index contributed by atoms with van der Waals surface area (Å²) in [6, 6.07) is 0.311. The molecule has 1 amide bonds. The van der Waals surface area contributed by atoms with Crippen LogP contribution in [0.4, 0.5) is 0 Å². The fourth-order valence-corrected chi connectivity index (χ4v) is 3.33. The van der Waals surface area contributed by atoms with E-state index in [2.05, 4.69) is 4.90 Å². The van der Waals surface area contributed by atoms with Gasteiger partial charge in [-0.3, -0.25) is 4.79 Å². The predicted octanol–water partition coefficient (Wildman–Crippen LogP) is 2.30. The van der Waals surface area contributed by atoms with Crippen LogP contribution in [0.1, 0.15) is 57.8 Å². The molecular formula is C14H26N2O. The van der Waals surface area contributed by atoms with E-state index in [-0.39, 0.29) is 0 Å². The van der Waals surface area contributed by atoms with Crippen molar-refractivity contribution >= 4 is 5.91 Å². The van der Waals surface area contributed by atoms with Crippen LogP contribution < -0.4 is 5.73 Å². The molecule has 0 bridgehead atoms. The first-order valence-corrected chi connectivity index (χ1v) is 7.31. The Hall–Kier alpha value is -0.570. The number of carbonyl (C=O) groups is 1. The molecule has 1 aliphatic carbocycles. The van der Waals surface area contributed by atoms with Gasteiger partial charge in [-0.15, -0.1) is 0 Å². The van der Waals surface area contributed by atoms with E-state index in [4.69, 9.17) is 5.73 Å². The van der Waals surface area contributed by atoms with Crippen molar-refractivity contribution in [1.82, 2.24) is 4.90 Å². The van der Waals surface area contributed by atoms with E-state index in [1.165, 1.54) is 38.5 Å². The van der Waals surface area contributed by atoms with Gasteiger partial charge in [-0.05, 0) is 31.6 Å². The van der Waals surface area contributed by atoms with Crippen molar-refractivity contribution in [3.8, 4) is 0 Å². The molecular weight excluding hydrogens is 212 g/mol. The van der Waals surface area contributed by atoms with Gasteiger partial charge < -0.3 is 10.6 Å². The van der Waals surface area contributed by atoms with Gasteiger partial charge in [-0.1, -0.05) is 25.7 Å². The molecule has 2 fully saturated rings. The number of hydrogen-bond acceptors (Lipinski definition) is 2. The SMILES string of the molecule is NCC1CCCCCN1C(=O)CC1CCCC1. The van der Waals surface area contributed by atoms with Gasteiger partial charge in [0.1, 0.15) is 0 Å². The van der Waals surface area contributed by atoms with Crippen LogP contribution >= 0.6 is 0 Å². The van der Waals surface area contributed by atoms with Crippen molar-refractivity contribution < 1.29 is 4.79 Å². The van der Waals surface area contributed by atoms with Gasteiger partial charge in [0.15, 0.2) is 0 Å². The van der Waals surface area contributed by atoms with E-state index >= 15 is 0 Å². The Labute approximate surface area is 105 Å². The van der Waals surface area contributed by atoms with Crippen molar-refractivity contribution in [1.29, 1.82) is 0 Å². The van der Waals surface area contributed by atoms with Gasteiger partial charge >= 0.3 is 0 Å². The molecule has 1 heterocycles. The monoisotopic (exact) mass is 238 g/mol. The van der Waals surface area contributed by atoms with Crippen molar-refractivity contribution in [3.05, 3.63) is 0 Å². The molecule has 1 atom stereocenters. The zero-order valence-corrected chi connectivity index (χ0v) is 10.9. The zero-order valence-electron chi connectivity index (χ0n) is 10.9. The Morgan fingerprint density at radius 1 is 1.06 bits per heavy atom. The van der Waals surface area contributed by atoms with Crippen molar-refractivity contribution in [3.63, 3.8) is 0 Å². The number of likely N-dealkylation sites (tertiary alicyclic amines) is 1. The topological polar surface area (TPSA) is 46.3 Å². The van der Waals surface area contributed by atoms with E-state index in [0.717, 1.165) is 25.8 Å². The second-order valence-electron chi connectivity index (χ2n) is 5.68. The first-order chi connectivity index (χ1) is 8.31. The molecule has 2 N–H and O–H groups in total. The lowest BCUT2D eigenvalue weighted by Gasteiger charge is -2.30. The summed E-state index contributed by atoms with van der Waals surface area (Å²) in [6.45, 7) is 1.57. The minimum atomic E-state index is 0.311. The zero-order chi connectivity index (χ0) is 12.1. The smallest absolute Gasteiger partial charge is 0.223 e. The van der Waals surface area contributed by atoms with E-state index in [0.29, 0.717) is 24.4 Å². The molecule has 1 unspecified atom stereocenters. The summed E-state index contributed by atoms with van der Waals surface area (Å²) in [5.74, 6) is 1.03. The molecule has 3 heteroatoms. The third kappa shape index (κ3) is 3.44. The number of rotatable bonds is 3. The number of amides is 1. The summed E-state index contributed by atoms with van der Waals surface area (Å²) in [5.41, 5.74) is 5.82. The van der Waals surface area contributed by atoms with Gasteiger partial charge in [-0.25, -0.2) is 0 Å². The molecule has 2 rings (SSSR count). The predicted molar refractivity (Wildman–Crippen MR) is 69.6 cm³/mol. The maximum absolute atomic E-state index is 12.3. The highest BCUT2D eigenvalue weighted by molar-refractivity contribution is 5.76. The van der Waals surface area contributed by atoms with Crippen LogP contribution in [-0.2, 0) is 4.79 Å². The quantitative estimate of drug-likeness (QED) is 0.820. The van der Waals surface area contributed by atoms with Crippen LogP contribution in [-0.4, -0.2) is 29.9 Å². The van der Waals surface area contributed by atoms with E-state index in [1.807, 2.05) is 0 Å². The van der Waals surface area contributed by atoms with Crippen molar-refractivity contribution in [2.45, 2.75) is 63.8 Å². The lowest BCUT2D eigenvalue weighted by atomic mass is 10.0. The average Bonchev–Trinajstić information content (AvgIpc) is 2.71. The van der Waals surface area contributed by atoms with Gasteiger partial charge in [0, 0.05) is 25.6 Å². The minimum Gasteiger partial charge on any atom is -0.338 e. The second-order valence-corrected chi connectivity index (χ2v) is 5.68. The Balaban J connectivity index is 1.89. The molecule has 0 aromatic carbocycles. The third-order valence-electron chi connectivity index (χ3n) is 4.41. The maximum atomic E-state index is 12.3. The minimum absolute atomic E-state index is 0.311. The van der Waals surface area contributed by atoms with Crippen LogP contribution in [0.2, 0.25) is 0 Å². The first-order valence-electron chi connectivity index (χ1n) is 7.31. The third-order valence-corrected chi connectivity index (χ3v) is 4.41. The molecule has 98 valence electrons. The molecule has 0 radical (unpaired) electrons. The Bertz CT molecular complexity index is 249. The molecule has 0 aromatic heterocycles. The molecule has 1 saturated carbocycles. The van der Waals surface area contributed by atoms with Gasteiger partial charge in [-0.2, -0.15) is 0 Å². The Kier molecular flexibility index (Phi) is 4.84. The molecule has 17 heavy (non-hydrogen) atoms. The lowest BCUT2D eigenvalue weighted by molar-refractivity contribution is -0.134. The number of carbonyl (C=O) groups excluding carboxylic acids is 1. The van der Waals surface area contributed by atoms with Crippen molar-refractivity contribution in [2.24, 2.45) is 11.7 Å². The fraction of sp³-hybridized carbons (Fsp3) is 0.929. The van der Waals surface area contributed by atoms with Crippen molar-refractivity contribution in [2.75, 3.05) is 13.1 Å². The molecule has 2 aliphatic rings. The van der Waals surface area contributed by atoms with E-state index < -0.39 is 0 Å². The standard InChI is InChI=1S/C14H26N2O/c15-11-13-8-2-1-5-9-16(13)14(17)10-12-6-3-4-7-12/h12-13H,1-11,15H2. The summed E-state index contributed by atoms with van der Waals surface area (Å²) < 4.78 is 0. The summed E-state index contributed by atoms with van der Waals surface area (Å²) >= 11 is 0. The highest BCUT2D eigenvalue weighted by Crippen LogP contribution is 2.29. The molecule has 3 nitrogen and oxygen atoms in total. The normalized spacial score (nSPS) is 27.1. The van der Waals surface area contributed by atoms with Crippen LogP contribution in [0.5, 0.6) is 0 Å². The highest BCUT2D eigenvalue weighted by atomic mass is 16.2. The van der Waals surface area contributed by atoms with E-state index in [9.17, 15) is 4.79 Å². The fourth-order valence-electron chi connectivity index (χ4n) is 3.33.